The molecule has 0 bridgehead atoms. The molecular formula is C22H19O3P. The van der Waals surface area contributed by atoms with Crippen molar-refractivity contribution in [2.45, 2.75) is 6.92 Å². The first-order chi connectivity index (χ1) is 12.7. The molecule has 0 saturated carbocycles. The quantitative estimate of drug-likeness (QED) is 0.576. The number of fused-ring (bicyclic) bond motifs is 1. The summed E-state index contributed by atoms with van der Waals surface area (Å²) in [6, 6.07) is 27.4. The number of benzene rings is 3. The first-order valence-corrected chi connectivity index (χ1v) is 10.2. The molecule has 0 saturated heterocycles. The van der Waals surface area contributed by atoms with E-state index in [0.717, 1.165) is 22.3 Å². The maximum atomic E-state index is 13.5. The minimum Gasteiger partial charge on any atom is -0.420 e. The van der Waals surface area contributed by atoms with Gasteiger partial charge in [-0.15, -0.1) is 0 Å². The number of hydrogen-bond donors (Lipinski definition) is 0. The molecule has 0 aliphatic carbocycles. The van der Waals surface area contributed by atoms with E-state index in [2.05, 4.69) is 0 Å². The summed E-state index contributed by atoms with van der Waals surface area (Å²) < 4.78 is 25.3. The molecule has 1 heterocycles. The van der Waals surface area contributed by atoms with Crippen LogP contribution in [0.3, 0.4) is 0 Å². The normalized spacial score (nSPS) is 19.0. The van der Waals surface area contributed by atoms with Crippen molar-refractivity contribution < 1.29 is 13.6 Å². The van der Waals surface area contributed by atoms with Gasteiger partial charge in [0.1, 0.15) is 5.76 Å². The zero-order valence-electron chi connectivity index (χ0n) is 14.5. The summed E-state index contributed by atoms with van der Waals surface area (Å²) in [7, 11) is -3.44. The van der Waals surface area contributed by atoms with Crippen molar-refractivity contribution in [3.05, 3.63) is 102 Å². The standard InChI is InChI=1S/C22H19O3P/c1-2-24-26(23)20-16-10-9-15-19(20)21(17-11-5-3-6-12-17)22(25-26)18-13-7-4-8-14-18/h3-16H,2H2,1H3. The van der Waals surface area contributed by atoms with E-state index < -0.39 is 7.60 Å². The summed E-state index contributed by atoms with van der Waals surface area (Å²) in [5.41, 5.74) is 3.71. The molecule has 1 unspecified atom stereocenters. The zero-order valence-corrected chi connectivity index (χ0v) is 15.4. The summed E-state index contributed by atoms with van der Waals surface area (Å²) in [6.45, 7) is 2.14. The second-order valence-electron chi connectivity index (χ2n) is 5.96. The van der Waals surface area contributed by atoms with Crippen LogP contribution in [0.1, 0.15) is 23.6 Å². The van der Waals surface area contributed by atoms with Crippen molar-refractivity contribution in [1.29, 1.82) is 0 Å². The van der Waals surface area contributed by atoms with E-state index in [1.807, 2.05) is 91.9 Å². The van der Waals surface area contributed by atoms with Crippen LogP contribution in [0.15, 0.2) is 84.9 Å². The fourth-order valence-electron chi connectivity index (χ4n) is 3.21. The van der Waals surface area contributed by atoms with Crippen molar-refractivity contribution in [1.82, 2.24) is 0 Å². The highest BCUT2D eigenvalue weighted by molar-refractivity contribution is 7.62. The van der Waals surface area contributed by atoms with Crippen LogP contribution < -0.4 is 5.30 Å². The molecule has 0 aromatic heterocycles. The van der Waals surface area contributed by atoms with Crippen LogP contribution in [0, 0.1) is 0 Å². The average Bonchev–Trinajstić information content (AvgIpc) is 2.69. The minimum absolute atomic E-state index is 0.314. The molecule has 130 valence electrons. The third-order valence-electron chi connectivity index (χ3n) is 4.30. The summed E-state index contributed by atoms with van der Waals surface area (Å²) in [5.74, 6) is 0.590. The van der Waals surface area contributed by atoms with Gasteiger partial charge in [-0.1, -0.05) is 78.9 Å². The Bertz CT molecular complexity index is 994. The number of rotatable bonds is 4. The van der Waals surface area contributed by atoms with Crippen LogP contribution in [0.2, 0.25) is 0 Å². The Morgan fingerprint density at radius 2 is 1.38 bits per heavy atom. The van der Waals surface area contributed by atoms with E-state index in [4.69, 9.17) is 9.05 Å². The molecule has 0 spiro atoms. The monoisotopic (exact) mass is 362 g/mol. The van der Waals surface area contributed by atoms with Gasteiger partial charge in [0.2, 0.25) is 0 Å². The van der Waals surface area contributed by atoms with Crippen LogP contribution >= 0.6 is 7.60 Å². The smallest absolute Gasteiger partial charge is 0.411 e. The predicted molar refractivity (Wildman–Crippen MR) is 105 cm³/mol. The van der Waals surface area contributed by atoms with E-state index in [1.54, 1.807) is 0 Å². The van der Waals surface area contributed by atoms with Gasteiger partial charge in [0.15, 0.2) is 0 Å². The molecule has 4 heteroatoms. The lowest BCUT2D eigenvalue weighted by Crippen LogP contribution is -2.20. The molecule has 0 amide bonds. The second-order valence-corrected chi connectivity index (χ2v) is 7.88. The Kier molecular flexibility index (Phi) is 4.50. The number of hydrogen-bond acceptors (Lipinski definition) is 3. The van der Waals surface area contributed by atoms with E-state index in [9.17, 15) is 4.57 Å². The summed E-state index contributed by atoms with van der Waals surface area (Å²) in [6.07, 6.45) is 0. The SMILES string of the molecule is CCOP1(=O)OC(c2ccccc2)=C(c2ccccc2)c2ccccc21. The van der Waals surface area contributed by atoms with Crippen LogP contribution in [-0.4, -0.2) is 6.61 Å². The third kappa shape index (κ3) is 2.90. The van der Waals surface area contributed by atoms with Crippen molar-refractivity contribution in [2.24, 2.45) is 0 Å². The third-order valence-corrected chi connectivity index (χ3v) is 6.31. The Balaban J connectivity index is 2.04. The molecular weight excluding hydrogens is 343 g/mol. The van der Waals surface area contributed by atoms with E-state index in [1.165, 1.54) is 0 Å². The van der Waals surface area contributed by atoms with Gasteiger partial charge in [0.25, 0.3) is 0 Å². The largest absolute Gasteiger partial charge is 0.420 e. The minimum atomic E-state index is -3.44. The summed E-state index contributed by atoms with van der Waals surface area (Å²) in [5, 5.41) is 0.611. The van der Waals surface area contributed by atoms with Gasteiger partial charge in [-0.2, -0.15) is 0 Å². The fourth-order valence-corrected chi connectivity index (χ4v) is 5.02. The van der Waals surface area contributed by atoms with Gasteiger partial charge >= 0.3 is 7.60 Å². The van der Waals surface area contributed by atoms with Gasteiger partial charge in [0.05, 0.1) is 11.9 Å². The highest BCUT2D eigenvalue weighted by Gasteiger charge is 2.39. The van der Waals surface area contributed by atoms with Crippen LogP contribution in [0.5, 0.6) is 0 Å². The van der Waals surface area contributed by atoms with Gasteiger partial charge < -0.3 is 4.52 Å². The Hall–Kier alpha value is -2.61. The Morgan fingerprint density at radius 1 is 0.808 bits per heavy atom. The lowest BCUT2D eigenvalue weighted by Gasteiger charge is -2.30. The molecule has 1 atom stereocenters. The van der Waals surface area contributed by atoms with Crippen LogP contribution in [0.4, 0.5) is 0 Å². The van der Waals surface area contributed by atoms with Crippen molar-refractivity contribution >= 4 is 24.2 Å². The molecule has 4 rings (SSSR count). The highest BCUT2D eigenvalue weighted by atomic mass is 31.2. The van der Waals surface area contributed by atoms with Gasteiger partial charge in [-0.25, -0.2) is 4.57 Å². The highest BCUT2D eigenvalue weighted by Crippen LogP contribution is 2.57. The first-order valence-electron chi connectivity index (χ1n) is 8.62. The van der Waals surface area contributed by atoms with Crippen molar-refractivity contribution in [3.8, 4) is 0 Å². The fraction of sp³-hybridized carbons (Fsp3) is 0.0909. The molecule has 0 fully saturated rings. The molecule has 26 heavy (non-hydrogen) atoms. The van der Waals surface area contributed by atoms with Crippen molar-refractivity contribution in [2.75, 3.05) is 6.61 Å². The maximum absolute atomic E-state index is 13.5. The molecule has 1 aliphatic rings. The van der Waals surface area contributed by atoms with Crippen LogP contribution in [-0.2, 0) is 13.6 Å². The van der Waals surface area contributed by atoms with Gasteiger partial charge in [0, 0.05) is 16.7 Å². The maximum Gasteiger partial charge on any atom is 0.411 e. The second kappa shape index (κ2) is 6.95. The topological polar surface area (TPSA) is 35.5 Å². The lowest BCUT2D eigenvalue weighted by molar-refractivity contribution is 0.279. The Morgan fingerprint density at radius 3 is 2.04 bits per heavy atom. The first kappa shape index (κ1) is 16.8. The zero-order chi connectivity index (χ0) is 18.0. The van der Waals surface area contributed by atoms with E-state index in [0.29, 0.717) is 17.7 Å². The summed E-state index contributed by atoms with van der Waals surface area (Å²) >= 11 is 0. The Labute approximate surface area is 153 Å². The molecule has 1 aliphatic heterocycles. The summed E-state index contributed by atoms with van der Waals surface area (Å²) in [4.78, 5) is 0. The molecule has 3 aromatic rings. The van der Waals surface area contributed by atoms with E-state index >= 15 is 0 Å². The molecule has 3 aromatic carbocycles. The van der Waals surface area contributed by atoms with E-state index in [-0.39, 0.29) is 0 Å². The average molecular weight is 362 g/mol. The van der Waals surface area contributed by atoms with Gasteiger partial charge in [-0.3, -0.25) is 4.52 Å². The molecule has 0 N–H and O–H groups in total. The van der Waals surface area contributed by atoms with Crippen molar-refractivity contribution in [3.63, 3.8) is 0 Å². The van der Waals surface area contributed by atoms with Crippen LogP contribution in [0.25, 0.3) is 11.3 Å². The van der Waals surface area contributed by atoms with Gasteiger partial charge in [-0.05, 0) is 18.6 Å². The lowest BCUT2D eigenvalue weighted by atomic mass is 9.94. The predicted octanol–water partition coefficient (Wildman–Crippen LogP) is 5.49. The molecule has 0 radical (unpaired) electrons. The molecule has 3 nitrogen and oxygen atoms in total.